The zero-order valence-corrected chi connectivity index (χ0v) is 9.12. The van der Waals surface area contributed by atoms with Gasteiger partial charge < -0.3 is 9.84 Å². The topological polar surface area (TPSA) is 72.3 Å². The Bertz CT molecular complexity index is 520. The molecule has 0 aliphatic carbocycles. The second-order valence-electron chi connectivity index (χ2n) is 3.40. The summed E-state index contributed by atoms with van der Waals surface area (Å²) in [5, 5.41) is 8.74. The summed E-state index contributed by atoms with van der Waals surface area (Å²) < 4.78 is 5.45. The van der Waals surface area contributed by atoms with Gasteiger partial charge in [-0.3, -0.25) is 0 Å². The first-order chi connectivity index (χ1) is 8.15. The average Bonchev–Trinajstić information content (AvgIpc) is 2.33. The number of aryl methyl sites for hydroxylation is 1. The molecule has 0 aliphatic rings. The van der Waals surface area contributed by atoms with Crippen LogP contribution in [0.3, 0.4) is 0 Å². The lowest BCUT2D eigenvalue weighted by Gasteiger charge is -2.04. The van der Waals surface area contributed by atoms with Crippen LogP contribution in [0.25, 0.3) is 0 Å². The Morgan fingerprint density at radius 3 is 2.24 bits per heavy atom. The SMILES string of the molecule is Cc1ncc(Oc2ccc(C(=O)O)cc2)cn1. The Balaban J connectivity index is 2.13. The molecule has 0 unspecified atom stereocenters. The lowest BCUT2D eigenvalue weighted by molar-refractivity contribution is 0.0697. The molecule has 0 radical (unpaired) electrons. The lowest BCUT2D eigenvalue weighted by atomic mass is 10.2. The van der Waals surface area contributed by atoms with Crippen molar-refractivity contribution in [3.8, 4) is 11.5 Å². The minimum absolute atomic E-state index is 0.220. The van der Waals surface area contributed by atoms with Crippen molar-refractivity contribution >= 4 is 5.97 Å². The third kappa shape index (κ3) is 2.78. The van der Waals surface area contributed by atoms with Gasteiger partial charge in [0.05, 0.1) is 18.0 Å². The van der Waals surface area contributed by atoms with Gasteiger partial charge in [-0.25, -0.2) is 14.8 Å². The van der Waals surface area contributed by atoms with Crippen molar-refractivity contribution < 1.29 is 14.6 Å². The van der Waals surface area contributed by atoms with Gasteiger partial charge in [0, 0.05) is 0 Å². The summed E-state index contributed by atoms with van der Waals surface area (Å²) in [6.07, 6.45) is 3.13. The zero-order chi connectivity index (χ0) is 12.3. The maximum Gasteiger partial charge on any atom is 0.335 e. The molecule has 0 amide bonds. The first-order valence-electron chi connectivity index (χ1n) is 4.95. The highest BCUT2D eigenvalue weighted by Crippen LogP contribution is 2.20. The molecule has 2 rings (SSSR count). The molecule has 17 heavy (non-hydrogen) atoms. The van der Waals surface area contributed by atoms with Crippen LogP contribution >= 0.6 is 0 Å². The Hall–Kier alpha value is -2.43. The third-order valence-corrected chi connectivity index (χ3v) is 2.09. The van der Waals surface area contributed by atoms with E-state index < -0.39 is 5.97 Å². The lowest BCUT2D eigenvalue weighted by Crippen LogP contribution is -1.95. The molecule has 5 heteroatoms. The van der Waals surface area contributed by atoms with Crippen LogP contribution in [0, 0.1) is 6.92 Å². The summed E-state index contributed by atoms with van der Waals surface area (Å²) in [7, 11) is 0. The second-order valence-corrected chi connectivity index (χ2v) is 3.40. The van der Waals surface area contributed by atoms with Gasteiger partial charge in [0.1, 0.15) is 11.6 Å². The van der Waals surface area contributed by atoms with E-state index in [2.05, 4.69) is 9.97 Å². The van der Waals surface area contributed by atoms with E-state index in [1.165, 1.54) is 12.1 Å². The molecule has 0 saturated heterocycles. The normalized spacial score (nSPS) is 9.94. The van der Waals surface area contributed by atoms with Crippen LogP contribution in [0.1, 0.15) is 16.2 Å². The number of rotatable bonds is 3. The molecular weight excluding hydrogens is 220 g/mol. The number of nitrogens with zero attached hydrogens (tertiary/aromatic N) is 2. The number of hydrogen-bond acceptors (Lipinski definition) is 4. The van der Waals surface area contributed by atoms with E-state index in [0.717, 1.165) is 0 Å². The van der Waals surface area contributed by atoms with Crippen LogP contribution in [-0.4, -0.2) is 21.0 Å². The van der Waals surface area contributed by atoms with E-state index in [1.807, 2.05) is 0 Å². The molecule has 5 nitrogen and oxygen atoms in total. The maximum absolute atomic E-state index is 10.6. The van der Waals surface area contributed by atoms with Crippen molar-refractivity contribution in [2.75, 3.05) is 0 Å². The first kappa shape index (κ1) is 11.1. The van der Waals surface area contributed by atoms with Crippen LogP contribution in [-0.2, 0) is 0 Å². The summed E-state index contributed by atoms with van der Waals surface area (Å²) >= 11 is 0. The summed E-state index contributed by atoms with van der Waals surface area (Å²) in [5.41, 5.74) is 0.220. The fourth-order valence-electron chi connectivity index (χ4n) is 1.24. The molecule has 0 bridgehead atoms. The molecule has 0 fully saturated rings. The van der Waals surface area contributed by atoms with Crippen molar-refractivity contribution in [3.05, 3.63) is 48.0 Å². The number of benzene rings is 1. The summed E-state index contributed by atoms with van der Waals surface area (Å²) in [6.45, 7) is 1.78. The summed E-state index contributed by atoms with van der Waals surface area (Å²) in [6, 6.07) is 6.13. The highest BCUT2D eigenvalue weighted by atomic mass is 16.5. The molecule has 1 aromatic carbocycles. The maximum atomic E-state index is 10.6. The number of ether oxygens (including phenoxy) is 1. The number of aromatic carboxylic acids is 1. The molecule has 1 heterocycles. The molecule has 0 saturated carbocycles. The van der Waals surface area contributed by atoms with Crippen molar-refractivity contribution in [1.29, 1.82) is 0 Å². The molecule has 0 atom stereocenters. The molecule has 2 aromatic rings. The molecule has 1 aromatic heterocycles. The van der Waals surface area contributed by atoms with E-state index in [0.29, 0.717) is 17.3 Å². The minimum Gasteiger partial charge on any atom is -0.478 e. The highest BCUT2D eigenvalue weighted by Gasteiger charge is 2.03. The van der Waals surface area contributed by atoms with Crippen molar-refractivity contribution in [3.63, 3.8) is 0 Å². The quantitative estimate of drug-likeness (QED) is 0.875. The zero-order valence-electron chi connectivity index (χ0n) is 9.12. The number of carboxylic acid groups (broad SMARTS) is 1. The van der Waals surface area contributed by atoms with Gasteiger partial charge in [0.25, 0.3) is 0 Å². The van der Waals surface area contributed by atoms with Crippen LogP contribution < -0.4 is 4.74 Å². The standard InChI is InChI=1S/C12H10N2O3/c1-8-13-6-11(7-14-8)17-10-4-2-9(3-5-10)12(15)16/h2-7H,1H3,(H,15,16). The Morgan fingerprint density at radius 2 is 1.71 bits per heavy atom. The van der Waals surface area contributed by atoms with Crippen molar-refractivity contribution in [2.24, 2.45) is 0 Å². The Labute approximate surface area is 97.7 Å². The fraction of sp³-hybridized carbons (Fsp3) is 0.0833. The number of carboxylic acids is 1. The van der Waals surface area contributed by atoms with E-state index >= 15 is 0 Å². The number of aromatic nitrogens is 2. The monoisotopic (exact) mass is 230 g/mol. The van der Waals surface area contributed by atoms with Crippen LogP contribution in [0.5, 0.6) is 11.5 Å². The van der Waals surface area contributed by atoms with Gasteiger partial charge in [-0.15, -0.1) is 0 Å². The third-order valence-electron chi connectivity index (χ3n) is 2.09. The van der Waals surface area contributed by atoms with Crippen LogP contribution in [0.15, 0.2) is 36.7 Å². The number of hydrogen-bond donors (Lipinski definition) is 1. The molecule has 1 N–H and O–H groups in total. The smallest absolute Gasteiger partial charge is 0.335 e. The minimum atomic E-state index is -0.963. The first-order valence-corrected chi connectivity index (χ1v) is 4.95. The predicted octanol–water partition coefficient (Wildman–Crippen LogP) is 2.28. The van der Waals surface area contributed by atoms with Gasteiger partial charge in [-0.05, 0) is 31.2 Å². The van der Waals surface area contributed by atoms with E-state index in [9.17, 15) is 4.79 Å². The van der Waals surface area contributed by atoms with Gasteiger partial charge in [0.2, 0.25) is 0 Å². The van der Waals surface area contributed by atoms with Gasteiger partial charge in [-0.2, -0.15) is 0 Å². The van der Waals surface area contributed by atoms with E-state index in [4.69, 9.17) is 9.84 Å². The Kier molecular flexibility index (Phi) is 3.00. The largest absolute Gasteiger partial charge is 0.478 e. The Morgan fingerprint density at radius 1 is 1.12 bits per heavy atom. The van der Waals surface area contributed by atoms with Crippen molar-refractivity contribution in [1.82, 2.24) is 9.97 Å². The second kappa shape index (κ2) is 4.61. The van der Waals surface area contributed by atoms with Gasteiger partial charge in [0.15, 0.2) is 5.75 Å². The van der Waals surface area contributed by atoms with E-state index in [1.54, 1.807) is 31.5 Å². The molecule has 0 aliphatic heterocycles. The van der Waals surface area contributed by atoms with E-state index in [-0.39, 0.29) is 5.56 Å². The highest BCUT2D eigenvalue weighted by molar-refractivity contribution is 5.87. The fourth-order valence-corrected chi connectivity index (χ4v) is 1.24. The summed E-state index contributed by atoms with van der Waals surface area (Å²) in [5.74, 6) is 0.759. The molecule has 86 valence electrons. The molecular formula is C12H10N2O3. The van der Waals surface area contributed by atoms with Gasteiger partial charge in [-0.1, -0.05) is 0 Å². The van der Waals surface area contributed by atoms with Crippen LogP contribution in [0.4, 0.5) is 0 Å². The number of carbonyl (C=O) groups is 1. The average molecular weight is 230 g/mol. The van der Waals surface area contributed by atoms with Crippen LogP contribution in [0.2, 0.25) is 0 Å². The summed E-state index contributed by atoms with van der Waals surface area (Å²) in [4.78, 5) is 18.6. The van der Waals surface area contributed by atoms with Gasteiger partial charge >= 0.3 is 5.97 Å². The predicted molar refractivity (Wildman–Crippen MR) is 60.2 cm³/mol. The molecule has 0 spiro atoms. The van der Waals surface area contributed by atoms with Crippen molar-refractivity contribution in [2.45, 2.75) is 6.92 Å².